The molecule has 7 rings (SSSR count). The molecule has 2 heterocycles. The molecule has 2 unspecified atom stereocenters. The summed E-state index contributed by atoms with van der Waals surface area (Å²) < 4.78 is 11.6. The van der Waals surface area contributed by atoms with Crippen molar-refractivity contribution in [1.29, 1.82) is 0 Å². The van der Waals surface area contributed by atoms with Gasteiger partial charge in [-0.3, -0.25) is 38.4 Å². The smallest absolute Gasteiger partial charge is 0.478 e. The van der Waals surface area contributed by atoms with E-state index in [1.165, 1.54) is 24.3 Å². The summed E-state index contributed by atoms with van der Waals surface area (Å²) in [5.41, 5.74) is -0.735. The minimum atomic E-state index is -2.62. The number of carbonyl (C=O) groups is 10. The number of aliphatic carboxylic acids is 2. The van der Waals surface area contributed by atoms with Gasteiger partial charge in [0.05, 0.1) is 36.5 Å². The summed E-state index contributed by atoms with van der Waals surface area (Å²) in [5, 5.41) is 108. The number of rotatable bonds is 32. The summed E-state index contributed by atoms with van der Waals surface area (Å²) >= 11 is 0. The molecule has 2 aliphatic heterocycles. The molecule has 2 aliphatic rings. The molecule has 0 spiro atoms. The molecule has 28 nitrogen and oxygen atoms in total. The number of ether oxygens (including phenoxy) is 2. The molecule has 0 aromatic heterocycles. The Hall–Kier alpha value is -8.52. The Morgan fingerprint density at radius 1 is 0.433 bits per heavy atom. The Morgan fingerprint density at radius 2 is 0.732 bits per heavy atom. The summed E-state index contributed by atoms with van der Waals surface area (Å²) in [6.45, 7) is 1.45. The van der Waals surface area contributed by atoms with E-state index in [0.717, 1.165) is 36.1 Å². The van der Waals surface area contributed by atoms with E-state index in [1.807, 2.05) is 60.7 Å². The molecule has 5 aromatic carbocycles. The van der Waals surface area contributed by atoms with E-state index in [0.29, 0.717) is 25.7 Å². The first-order chi connectivity index (χ1) is 45.8. The van der Waals surface area contributed by atoms with Gasteiger partial charge in [0.2, 0.25) is 35.1 Å². The zero-order valence-electron chi connectivity index (χ0n) is 53.9. The SMILES string of the molecule is CC(=O)N[C@@H]1[C@@H](O)C[C@](NC(=O)CCCCCNC(=O)c2ccc(C(=O)NCCCCCC(=O)N[C@]3(C(=O)O)C[C@H](O)[C@@H](NC(C)=O)[C@H](C(O)[C@H](O)CNC(=O)c4ccc(-c5ccccc5)cc4)O3)cc2)(C(=O)O)O[C@H]1C(O)[C@H](O)CNC(=O)c1ccc(-c2ccccc2)cc1.[Na+]. The summed E-state index contributed by atoms with van der Waals surface area (Å²) in [6, 6.07) is 34.9. The molecule has 2 saturated heterocycles. The second kappa shape index (κ2) is 36.7. The zero-order valence-corrected chi connectivity index (χ0v) is 55.9. The van der Waals surface area contributed by atoms with Gasteiger partial charge in [0, 0.05) is 88.0 Å². The fraction of sp³-hybridized carbons (Fsp3) is 0.412. The van der Waals surface area contributed by atoms with Crippen molar-refractivity contribution in [2.24, 2.45) is 0 Å². The second-order valence-corrected chi connectivity index (χ2v) is 23.7. The number of hydrogen-bond acceptors (Lipinski definition) is 18. The van der Waals surface area contributed by atoms with E-state index in [2.05, 4.69) is 42.5 Å². The Kier molecular flexibility index (Phi) is 29.3. The maximum absolute atomic E-state index is 13.2. The maximum atomic E-state index is 13.2. The quantitative estimate of drug-likeness (QED) is 0.0164. The third kappa shape index (κ3) is 21.7. The molecule has 29 heteroatoms. The Bertz CT molecular complexity index is 3280. The number of unbranched alkanes of at least 4 members (excludes halogenated alkanes) is 4. The Labute approximate surface area is 581 Å². The first-order valence-corrected chi connectivity index (χ1v) is 31.4. The van der Waals surface area contributed by atoms with E-state index < -0.39 is 157 Å². The van der Waals surface area contributed by atoms with Gasteiger partial charge in [-0.05, 0) is 96.5 Å². The average Bonchev–Trinajstić information content (AvgIpc) is 0.775. The van der Waals surface area contributed by atoms with Gasteiger partial charge < -0.3 is 92.9 Å². The van der Waals surface area contributed by atoms with E-state index in [1.54, 1.807) is 48.5 Å². The molecule has 97 heavy (non-hydrogen) atoms. The van der Waals surface area contributed by atoms with Gasteiger partial charge in [-0.15, -0.1) is 0 Å². The molecule has 5 aromatic rings. The Morgan fingerprint density at radius 3 is 1.04 bits per heavy atom. The number of aliphatic hydroxyl groups excluding tert-OH is 6. The van der Waals surface area contributed by atoms with Crippen LogP contribution in [-0.2, 0) is 38.2 Å². The molecule has 2 fully saturated rings. The summed E-state index contributed by atoms with van der Waals surface area (Å²) in [5.74, 6) is -8.59. The van der Waals surface area contributed by atoms with Crippen molar-refractivity contribution in [3.63, 3.8) is 0 Å². The van der Waals surface area contributed by atoms with Crippen LogP contribution >= 0.6 is 0 Å². The number of carboxylic acids is 2. The largest absolute Gasteiger partial charge is 1.00 e. The monoisotopic (exact) mass is 1350 g/mol. The number of nitrogens with one attached hydrogen (secondary N) is 8. The van der Waals surface area contributed by atoms with Crippen LogP contribution < -0.4 is 72.1 Å². The number of carboxylic acid groups (broad SMARTS) is 2. The number of hydrogen-bond donors (Lipinski definition) is 16. The molecular weight excluding hydrogens is 1270 g/mol. The molecular formula is C68H82N8NaO20+. The van der Waals surface area contributed by atoms with Crippen LogP contribution in [0.1, 0.15) is 119 Å². The van der Waals surface area contributed by atoms with Crippen LogP contribution in [0.4, 0.5) is 0 Å². The first kappa shape index (κ1) is 77.5. The molecule has 16 N–H and O–H groups in total. The summed E-state index contributed by atoms with van der Waals surface area (Å²) in [6.07, 6.45) is -14.7. The molecule has 514 valence electrons. The normalized spacial score (nSPS) is 21.6. The molecule has 0 bridgehead atoms. The predicted molar refractivity (Wildman–Crippen MR) is 344 cm³/mol. The van der Waals surface area contributed by atoms with Gasteiger partial charge in [-0.1, -0.05) is 97.8 Å². The summed E-state index contributed by atoms with van der Waals surface area (Å²) in [4.78, 5) is 128. The third-order valence-electron chi connectivity index (χ3n) is 16.4. The van der Waals surface area contributed by atoms with Crippen molar-refractivity contribution in [2.75, 3.05) is 26.2 Å². The van der Waals surface area contributed by atoms with Gasteiger partial charge in [0.25, 0.3) is 23.6 Å². The van der Waals surface area contributed by atoms with Crippen LogP contribution in [0.25, 0.3) is 22.3 Å². The molecule has 0 radical (unpaired) electrons. The van der Waals surface area contributed by atoms with Gasteiger partial charge in [0.1, 0.15) is 24.4 Å². The molecule has 12 atom stereocenters. The van der Waals surface area contributed by atoms with Crippen molar-refractivity contribution < 1.29 is 128 Å². The number of benzene rings is 5. The fourth-order valence-corrected chi connectivity index (χ4v) is 11.2. The average molecular weight is 1350 g/mol. The van der Waals surface area contributed by atoms with Crippen molar-refractivity contribution >= 4 is 59.2 Å². The molecule has 8 amide bonds. The van der Waals surface area contributed by atoms with Crippen molar-refractivity contribution in [1.82, 2.24) is 42.5 Å². The fourth-order valence-electron chi connectivity index (χ4n) is 11.2. The minimum absolute atomic E-state index is 0. The maximum Gasteiger partial charge on any atom is 1.00 e. The van der Waals surface area contributed by atoms with Crippen LogP contribution in [-0.4, -0.2) is 199 Å². The predicted octanol–water partition coefficient (Wildman–Crippen LogP) is -1.99. The van der Waals surface area contributed by atoms with E-state index in [-0.39, 0.29) is 90.6 Å². The van der Waals surface area contributed by atoms with Gasteiger partial charge in [-0.25, -0.2) is 9.59 Å². The molecule has 0 aliphatic carbocycles. The second-order valence-electron chi connectivity index (χ2n) is 23.7. The third-order valence-corrected chi connectivity index (χ3v) is 16.4. The van der Waals surface area contributed by atoms with Crippen LogP contribution in [0.3, 0.4) is 0 Å². The van der Waals surface area contributed by atoms with Crippen LogP contribution in [0.15, 0.2) is 133 Å². The van der Waals surface area contributed by atoms with Crippen molar-refractivity contribution in [2.45, 2.75) is 150 Å². The topological polar surface area (TPSA) is 447 Å². The van der Waals surface area contributed by atoms with E-state index >= 15 is 0 Å². The van der Waals surface area contributed by atoms with Crippen LogP contribution in [0.2, 0.25) is 0 Å². The minimum Gasteiger partial charge on any atom is -0.478 e. The van der Waals surface area contributed by atoms with Crippen molar-refractivity contribution in [3.05, 3.63) is 156 Å². The van der Waals surface area contributed by atoms with Gasteiger partial charge in [0.15, 0.2) is 0 Å². The van der Waals surface area contributed by atoms with Gasteiger partial charge in [-0.2, -0.15) is 0 Å². The van der Waals surface area contributed by atoms with E-state index in [9.17, 15) is 88.8 Å². The van der Waals surface area contributed by atoms with Crippen LogP contribution in [0, 0.1) is 0 Å². The number of aliphatic hydroxyl groups is 6. The summed E-state index contributed by atoms with van der Waals surface area (Å²) in [7, 11) is 0. The first-order valence-electron chi connectivity index (χ1n) is 31.4. The standard InChI is InChI=1S/C68H82N8O20.Na/c1-39(77)73-55-49(79)35-67(65(91)92,95-59(55)57(85)51(81)37-71-63(89)47-25-21-43(22-26-47)41-15-7-3-8-16-41)75-53(83)19-11-5-13-33-69-61(87)45-29-31-46(32-30-45)62(88)70-34-14-6-12-20-54(84)76-68(66(93)94)36-50(80)56(74-40(2)78)60(96-68)58(86)52(82)38-72-64(90)48-27-23-44(24-28-48)42-17-9-4-10-18-42;/h3-4,7-10,15-18,21-32,49-52,55-60,79-82,85-86H,5-6,11-14,19-20,33-38H2,1-2H3,(H,69,87)(H,70,88)(H,71,89)(H,72,90)(H,73,77)(H,74,78)(H,75,83)(H,76,84)(H,91,92)(H,93,94);/q;+1/t49-,50-,51+,52+,55+,56+,57?,58?,59+,60+,67+,68+;/m0./s1. The van der Waals surface area contributed by atoms with Crippen LogP contribution in [0.5, 0.6) is 0 Å². The molecule has 0 saturated carbocycles. The Balaban J connectivity index is 0.0000149. The number of amides is 8. The van der Waals surface area contributed by atoms with Gasteiger partial charge >= 0.3 is 41.5 Å². The zero-order chi connectivity index (χ0) is 69.7. The van der Waals surface area contributed by atoms with E-state index in [4.69, 9.17) is 9.47 Å². The number of carbonyl (C=O) groups excluding carboxylic acids is 8. The van der Waals surface area contributed by atoms with Crippen molar-refractivity contribution in [3.8, 4) is 22.3 Å².